The van der Waals surface area contributed by atoms with Crippen molar-refractivity contribution in [2.75, 3.05) is 11.1 Å². The van der Waals surface area contributed by atoms with Gasteiger partial charge in [0.15, 0.2) is 5.78 Å². The summed E-state index contributed by atoms with van der Waals surface area (Å²) in [7, 11) is 0. The largest absolute Gasteiger partial charge is 0.325 e. The Bertz CT molecular complexity index is 697. The number of rotatable bonds is 4. The molecular formula is C17H15NO2S. The van der Waals surface area contributed by atoms with Crippen molar-refractivity contribution in [2.45, 2.75) is 17.7 Å². The summed E-state index contributed by atoms with van der Waals surface area (Å²) in [6.07, 6.45) is 0. The molecule has 0 unspecified atom stereocenters. The molecule has 21 heavy (non-hydrogen) atoms. The Balaban J connectivity index is 1.73. The van der Waals surface area contributed by atoms with Crippen molar-refractivity contribution in [3.8, 4) is 0 Å². The molecule has 0 fully saturated rings. The minimum absolute atomic E-state index is 0.00624. The van der Waals surface area contributed by atoms with Gasteiger partial charge in [-0.2, -0.15) is 0 Å². The summed E-state index contributed by atoms with van der Waals surface area (Å²) in [5.41, 5.74) is 2.40. The lowest BCUT2D eigenvalue weighted by Crippen LogP contribution is -2.08. The van der Waals surface area contributed by atoms with E-state index in [1.807, 2.05) is 49.4 Å². The Morgan fingerprint density at radius 1 is 1.19 bits per heavy atom. The number of hydrogen-bond acceptors (Lipinski definition) is 3. The fourth-order valence-corrected chi connectivity index (χ4v) is 3.15. The van der Waals surface area contributed by atoms with Gasteiger partial charge in [-0.05, 0) is 42.8 Å². The number of carbonyl (C=O) groups excluding carboxylic acids is 2. The quantitative estimate of drug-likeness (QED) is 0.691. The van der Waals surface area contributed by atoms with E-state index in [-0.39, 0.29) is 17.6 Å². The molecule has 3 rings (SSSR count). The summed E-state index contributed by atoms with van der Waals surface area (Å²) in [6.45, 7) is 1.86. The van der Waals surface area contributed by atoms with Gasteiger partial charge in [-0.3, -0.25) is 9.59 Å². The van der Waals surface area contributed by atoms with Gasteiger partial charge < -0.3 is 5.32 Å². The highest BCUT2D eigenvalue weighted by Crippen LogP contribution is 2.33. The van der Waals surface area contributed by atoms with E-state index in [0.29, 0.717) is 11.3 Å². The van der Waals surface area contributed by atoms with Gasteiger partial charge in [0.05, 0.1) is 11.7 Å². The monoisotopic (exact) mass is 297 g/mol. The molecule has 0 saturated carbocycles. The average molecular weight is 297 g/mol. The second kappa shape index (κ2) is 5.74. The number of benzene rings is 2. The molecule has 0 bridgehead atoms. The second-order valence-electron chi connectivity index (χ2n) is 5.04. The first-order valence-corrected chi connectivity index (χ1v) is 7.79. The van der Waals surface area contributed by atoms with E-state index < -0.39 is 0 Å². The first kappa shape index (κ1) is 13.9. The van der Waals surface area contributed by atoms with Gasteiger partial charge in [-0.1, -0.05) is 18.2 Å². The molecular weight excluding hydrogens is 282 g/mol. The van der Waals surface area contributed by atoms with Crippen molar-refractivity contribution >= 4 is 29.1 Å². The lowest BCUT2D eigenvalue weighted by molar-refractivity contribution is -0.116. The summed E-state index contributed by atoms with van der Waals surface area (Å²) in [5.74, 6) is 0.291. The number of amides is 1. The van der Waals surface area contributed by atoms with Crippen LogP contribution in [0, 0.1) is 0 Å². The SMILES string of the molecule is C[C@@H]1C(=O)Nc2ccc(C(=O)CSc3ccccc3)cc21. The van der Waals surface area contributed by atoms with Gasteiger partial charge in [0, 0.05) is 16.1 Å². The van der Waals surface area contributed by atoms with E-state index in [4.69, 9.17) is 0 Å². The van der Waals surface area contributed by atoms with E-state index >= 15 is 0 Å². The predicted octanol–water partition coefficient (Wildman–Crippen LogP) is 3.72. The highest BCUT2D eigenvalue weighted by Gasteiger charge is 2.27. The van der Waals surface area contributed by atoms with Gasteiger partial charge in [-0.25, -0.2) is 0 Å². The van der Waals surface area contributed by atoms with Crippen molar-refractivity contribution < 1.29 is 9.59 Å². The summed E-state index contributed by atoms with van der Waals surface area (Å²) in [4.78, 5) is 25.0. The normalized spacial score (nSPS) is 16.4. The maximum Gasteiger partial charge on any atom is 0.231 e. The minimum Gasteiger partial charge on any atom is -0.325 e. The Labute approximate surface area is 127 Å². The van der Waals surface area contributed by atoms with Gasteiger partial charge in [-0.15, -0.1) is 11.8 Å². The van der Waals surface area contributed by atoms with Crippen molar-refractivity contribution in [3.63, 3.8) is 0 Å². The van der Waals surface area contributed by atoms with E-state index in [0.717, 1.165) is 16.1 Å². The lowest BCUT2D eigenvalue weighted by Gasteiger charge is -2.05. The van der Waals surface area contributed by atoms with Crippen LogP contribution in [0.3, 0.4) is 0 Å². The first-order chi connectivity index (χ1) is 10.1. The molecule has 0 aliphatic carbocycles. The first-order valence-electron chi connectivity index (χ1n) is 6.81. The lowest BCUT2D eigenvalue weighted by atomic mass is 9.99. The number of carbonyl (C=O) groups is 2. The van der Waals surface area contributed by atoms with Crippen LogP contribution < -0.4 is 5.32 Å². The van der Waals surface area contributed by atoms with Gasteiger partial charge in [0.25, 0.3) is 0 Å². The number of hydrogen-bond donors (Lipinski definition) is 1. The van der Waals surface area contributed by atoms with Crippen molar-refractivity contribution in [2.24, 2.45) is 0 Å². The zero-order chi connectivity index (χ0) is 14.8. The van der Waals surface area contributed by atoms with Crippen LogP contribution in [-0.4, -0.2) is 17.4 Å². The molecule has 2 aromatic rings. The predicted molar refractivity (Wildman–Crippen MR) is 85.0 cm³/mol. The van der Waals surface area contributed by atoms with Gasteiger partial charge >= 0.3 is 0 Å². The molecule has 0 spiro atoms. The zero-order valence-corrected chi connectivity index (χ0v) is 12.4. The summed E-state index contributed by atoms with van der Waals surface area (Å²) in [5, 5.41) is 2.82. The van der Waals surface area contributed by atoms with Crippen molar-refractivity contribution in [1.82, 2.24) is 0 Å². The number of anilines is 1. The smallest absolute Gasteiger partial charge is 0.231 e. The van der Waals surface area contributed by atoms with E-state index in [2.05, 4.69) is 5.32 Å². The minimum atomic E-state index is -0.186. The molecule has 1 N–H and O–H groups in total. The highest BCUT2D eigenvalue weighted by atomic mass is 32.2. The Kier molecular flexibility index (Phi) is 3.80. The van der Waals surface area contributed by atoms with Crippen LogP contribution in [0.1, 0.15) is 28.8 Å². The third kappa shape index (κ3) is 2.85. The third-order valence-corrected chi connectivity index (χ3v) is 4.62. The number of fused-ring (bicyclic) bond motifs is 1. The second-order valence-corrected chi connectivity index (χ2v) is 6.09. The fraction of sp³-hybridized carbons (Fsp3) is 0.176. The standard InChI is InChI=1S/C17H15NO2S/c1-11-14-9-12(7-8-15(14)18-17(11)20)16(19)10-21-13-5-3-2-4-6-13/h2-9,11H,10H2,1H3,(H,18,20)/t11-/m0/s1. The van der Waals surface area contributed by atoms with Crippen LogP contribution in [0.15, 0.2) is 53.4 Å². The van der Waals surface area contributed by atoms with Crippen LogP contribution in [0.2, 0.25) is 0 Å². The topological polar surface area (TPSA) is 46.2 Å². The van der Waals surface area contributed by atoms with Crippen molar-refractivity contribution in [3.05, 3.63) is 59.7 Å². The maximum absolute atomic E-state index is 12.3. The number of nitrogens with one attached hydrogen (secondary N) is 1. The molecule has 0 aromatic heterocycles. The molecule has 1 aliphatic heterocycles. The molecule has 3 nitrogen and oxygen atoms in total. The Morgan fingerprint density at radius 2 is 1.95 bits per heavy atom. The average Bonchev–Trinajstić information content (AvgIpc) is 2.80. The summed E-state index contributed by atoms with van der Waals surface area (Å²) in [6, 6.07) is 15.3. The molecule has 0 saturated heterocycles. The third-order valence-electron chi connectivity index (χ3n) is 3.60. The van der Waals surface area contributed by atoms with Crippen molar-refractivity contribution in [1.29, 1.82) is 0 Å². The Morgan fingerprint density at radius 3 is 2.71 bits per heavy atom. The van der Waals surface area contributed by atoms with Crippen LogP contribution in [0.25, 0.3) is 0 Å². The van der Waals surface area contributed by atoms with Crippen LogP contribution in [-0.2, 0) is 4.79 Å². The van der Waals surface area contributed by atoms with Crippen LogP contribution in [0.5, 0.6) is 0 Å². The molecule has 106 valence electrons. The molecule has 1 heterocycles. The molecule has 1 atom stereocenters. The summed E-state index contributed by atoms with van der Waals surface area (Å²) < 4.78 is 0. The van der Waals surface area contributed by atoms with Gasteiger partial charge in [0.1, 0.15) is 0 Å². The van der Waals surface area contributed by atoms with Crippen LogP contribution in [0.4, 0.5) is 5.69 Å². The molecule has 0 radical (unpaired) electrons. The number of ketones is 1. The van der Waals surface area contributed by atoms with Crippen LogP contribution >= 0.6 is 11.8 Å². The highest BCUT2D eigenvalue weighted by molar-refractivity contribution is 8.00. The maximum atomic E-state index is 12.3. The van der Waals surface area contributed by atoms with E-state index in [1.54, 1.807) is 6.07 Å². The number of Topliss-reactive ketones (excluding diaryl/α,β-unsaturated/α-hetero) is 1. The van der Waals surface area contributed by atoms with Gasteiger partial charge in [0.2, 0.25) is 5.91 Å². The fourth-order valence-electron chi connectivity index (χ4n) is 2.34. The van der Waals surface area contributed by atoms with E-state index in [1.165, 1.54) is 11.8 Å². The molecule has 4 heteroatoms. The summed E-state index contributed by atoms with van der Waals surface area (Å²) >= 11 is 1.53. The molecule has 2 aromatic carbocycles. The zero-order valence-electron chi connectivity index (χ0n) is 11.6. The Hall–Kier alpha value is -2.07. The number of thioether (sulfide) groups is 1. The molecule has 1 aliphatic rings. The van der Waals surface area contributed by atoms with E-state index in [9.17, 15) is 9.59 Å². The molecule has 1 amide bonds.